The quantitative estimate of drug-likeness (QED) is 0.837. The molecule has 3 nitrogen and oxygen atoms in total. The summed E-state index contributed by atoms with van der Waals surface area (Å²) in [5.41, 5.74) is 1.63. The molecule has 2 rings (SSSR count). The Labute approximate surface area is 106 Å². The number of benzene rings is 1. The largest absolute Gasteiger partial charge is 0.381 e. The molecule has 92 valence electrons. The maximum absolute atomic E-state index is 11.9. The SMILES string of the molecule is COC1CC(NC(=O)c2cccc(CCl)c2)C1. The molecule has 0 atom stereocenters. The number of carbonyl (C=O) groups excluding carboxylic acids is 1. The van der Waals surface area contributed by atoms with Crippen LogP contribution in [0.4, 0.5) is 0 Å². The second-order valence-corrected chi connectivity index (χ2v) is 4.60. The average molecular weight is 254 g/mol. The van der Waals surface area contributed by atoms with E-state index in [1.807, 2.05) is 18.2 Å². The van der Waals surface area contributed by atoms with Crippen molar-refractivity contribution < 1.29 is 9.53 Å². The molecular formula is C13H16ClNO2. The highest BCUT2D eigenvalue weighted by Gasteiger charge is 2.30. The second-order valence-electron chi connectivity index (χ2n) is 4.33. The van der Waals surface area contributed by atoms with Gasteiger partial charge in [0.25, 0.3) is 5.91 Å². The Kier molecular flexibility index (Phi) is 4.02. The molecule has 0 saturated heterocycles. The molecule has 1 aliphatic carbocycles. The van der Waals surface area contributed by atoms with Crippen LogP contribution in [0.5, 0.6) is 0 Å². The maximum atomic E-state index is 11.9. The van der Waals surface area contributed by atoms with Gasteiger partial charge in [-0.3, -0.25) is 4.79 Å². The minimum atomic E-state index is -0.0310. The van der Waals surface area contributed by atoms with Crippen molar-refractivity contribution in [3.8, 4) is 0 Å². The Morgan fingerprint density at radius 2 is 2.29 bits per heavy atom. The van der Waals surface area contributed by atoms with E-state index in [9.17, 15) is 4.79 Å². The number of ether oxygens (including phenoxy) is 1. The van der Waals surface area contributed by atoms with Gasteiger partial charge in [0.15, 0.2) is 0 Å². The molecule has 1 N–H and O–H groups in total. The van der Waals surface area contributed by atoms with Gasteiger partial charge in [0.1, 0.15) is 0 Å². The summed E-state index contributed by atoms with van der Waals surface area (Å²) in [5.74, 6) is 0.396. The van der Waals surface area contributed by atoms with Crippen molar-refractivity contribution >= 4 is 17.5 Å². The van der Waals surface area contributed by atoms with Crippen LogP contribution in [0.25, 0.3) is 0 Å². The molecule has 0 bridgehead atoms. The Hall–Kier alpha value is -1.06. The van der Waals surface area contributed by atoms with Crippen molar-refractivity contribution in [2.24, 2.45) is 0 Å². The molecule has 0 heterocycles. The summed E-state index contributed by atoms with van der Waals surface area (Å²) in [6.07, 6.45) is 2.10. The van der Waals surface area contributed by atoms with Crippen LogP contribution in [0.2, 0.25) is 0 Å². The van der Waals surface area contributed by atoms with Gasteiger partial charge in [0.05, 0.1) is 6.10 Å². The lowest BCUT2D eigenvalue weighted by Crippen LogP contribution is -2.47. The van der Waals surface area contributed by atoms with E-state index in [4.69, 9.17) is 16.3 Å². The van der Waals surface area contributed by atoms with Crippen LogP contribution in [0.1, 0.15) is 28.8 Å². The summed E-state index contributed by atoms with van der Waals surface area (Å²) in [6, 6.07) is 7.64. The third-order valence-electron chi connectivity index (χ3n) is 3.11. The van der Waals surface area contributed by atoms with Crippen molar-refractivity contribution in [3.05, 3.63) is 35.4 Å². The van der Waals surface area contributed by atoms with Gasteiger partial charge in [-0.2, -0.15) is 0 Å². The Morgan fingerprint density at radius 1 is 1.53 bits per heavy atom. The summed E-state index contributed by atoms with van der Waals surface area (Å²) >= 11 is 5.74. The van der Waals surface area contributed by atoms with E-state index in [1.54, 1.807) is 13.2 Å². The van der Waals surface area contributed by atoms with Crippen molar-refractivity contribution in [1.82, 2.24) is 5.32 Å². The molecule has 0 unspecified atom stereocenters. The van der Waals surface area contributed by atoms with E-state index in [2.05, 4.69) is 5.32 Å². The fourth-order valence-electron chi connectivity index (χ4n) is 1.94. The van der Waals surface area contributed by atoms with E-state index in [0.29, 0.717) is 17.5 Å². The standard InChI is InChI=1S/C13H16ClNO2/c1-17-12-6-11(7-12)15-13(16)10-4-2-3-9(5-10)8-14/h2-5,11-12H,6-8H2,1H3,(H,15,16). The number of methoxy groups -OCH3 is 1. The molecule has 0 radical (unpaired) electrons. The van der Waals surface area contributed by atoms with Crippen molar-refractivity contribution in [2.45, 2.75) is 30.9 Å². The zero-order valence-electron chi connectivity index (χ0n) is 9.78. The Morgan fingerprint density at radius 3 is 2.94 bits per heavy atom. The first-order valence-corrected chi connectivity index (χ1v) is 6.25. The van der Waals surface area contributed by atoms with Crippen LogP contribution in [0.3, 0.4) is 0 Å². The van der Waals surface area contributed by atoms with Gasteiger partial charge in [0, 0.05) is 24.6 Å². The molecule has 17 heavy (non-hydrogen) atoms. The number of rotatable bonds is 4. The maximum Gasteiger partial charge on any atom is 0.251 e. The van der Waals surface area contributed by atoms with E-state index in [-0.39, 0.29) is 11.9 Å². The second kappa shape index (κ2) is 5.52. The minimum absolute atomic E-state index is 0.0310. The van der Waals surface area contributed by atoms with Crippen LogP contribution >= 0.6 is 11.6 Å². The molecule has 1 aliphatic rings. The minimum Gasteiger partial charge on any atom is -0.381 e. The molecule has 1 fully saturated rings. The van der Waals surface area contributed by atoms with Crippen molar-refractivity contribution in [1.29, 1.82) is 0 Å². The lowest BCUT2D eigenvalue weighted by Gasteiger charge is -2.34. The van der Waals surface area contributed by atoms with E-state index >= 15 is 0 Å². The van der Waals surface area contributed by atoms with Crippen LogP contribution in [-0.2, 0) is 10.6 Å². The molecule has 1 amide bonds. The monoisotopic (exact) mass is 253 g/mol. The molecule has 0 spiro atoms. The molecular weight excluding hydrogens is 238 g/mol. The highest BCUT2D eigenvalue weighted by molar-refractivity contribution is 6.17. The van der Waals surface area contributed by atoms with Crippen LogP contribution in [-0.4, -0.2) is 25.2 Å². The summed E-state index contributed by atoms with van der Waals surface area (Å²) in [7, 11) is 1.70. The van der Waals surface area contributed by atoms with Crippen molar-refractivity contribution in [3.63, 3.8) is 0 Å². The zero-order chi connectivity index (χ0) is 12.3. The van der Waals surface area contributed by atoms with Gasteiger partial charge in [0.2, 0.25) is 0 Å². The van der Waals surface area contributed by atoms with Gasteiger partial charge in [-0.1, -0.05) is 12.1 Å². The highest BCUT2D eigenvalue weighted by atomic mass is 35.5. The topological polar surface area (TPSA) is 38.3 Å². The fraction of sp³-hybridized carbons (Fsp3) is 0.462. The van der Waals surface area contributed by atoms with E-state index in [0.717, 1.165) is 18.4 Å². The highest BCUT2D eigenvalue weighted by Crippen LogP contribution is 2.22. The lowest BCUT2D eigenvalue weighted by molar-refractivity contribution is 0.0176. The number of alkyl halides is 1. The van der Waals surface area contributed by atoms with Gasteiger partial charge in [-0.15, -0.1) is 11.6 Å². The normalized spacial score (nSPS) is 22.9. The van der Waals surface area contributed by atoms with Gasteiger partial charge in [-0.25, -0.2) is 0 Å². The molecule has 1 saturated carbocycles. The third-order valence-corrected chi connectivity index (χ3v) is 3.42. The third kappa shape index (κ3) is 2.99. The summed E-state index contributed by atoms with van der Waals surface area (Å²) in [5, 5.41) is 2.99. The molecule has 0 aliphatic heterocycles. The average Bonchev–Trinajstić information content (AvgIpc) is 2.33. The zero-order valence-corrected chi connectivity index (χ0v) is 10.5. The molecule has 4 heteroatoms. The van der Waals surface area contributed by atoms with Crippen LogP contribution < -0.4 is 5.32 Å². The summed E-state index contributed by atoms with van der Waals surface area (Å²) in [6.45, 7) is 0. The van der Waals surface area contributed by atoms with Crippen LogP contribution in [0, 0.1) is 0 Å². The first-order valence-electron chi connectivity index (χ1n) is 5.71. The molecule has 0 aromatic heterocycles. The number of carbonyl (C=O) groups is 1. The number of halogens is 1. The van der Waals surface area contributed by atoms with Gasteiger partial charge < -0.3 is 10.1 Å². The molecule has 1 aromatic rings. The fourth-order valence-corrected chi connectivity index (χ4v) is 2.11. The van der Waals surface area contributed by atoms with E-state index in [1.165, 1.54) is 0 Å². The van der Waals surface area contributed by atoms with Gasteiger partial charge in [-0.05, 0) is 30.5 Å². The predicted molar refractivity (Wildman–Crippen MR) is 67.3 cm³/mol. The number of amides is 1. The van der Waals surface area contributed by atoms with Crippen molar-refractivity contribution in [2.75, 3.05) is 7.11 Å². The molecule has 1 aromatic carbocycles. The summed E-state index contributed by atoms with van der Waals surface area (Å²) in [4.78, 5) is 11.9. The number of nitrogens with one attached hydrogen (secondary N) is 1. The number of hydrogen-bond acceptors (Lipinski definition) is 2. The smallest absolute Gasteiger partial charge is 0.251 e. The van der Waals surface area contributed by atoms with E-state index < -0.39 is 0 Å². The number of hydrogen-bond donors (Lipinski definition) is 1. The Balaban J connectivity index is 1.91. The first kappa shape index (κ1) is 12.4. The first-order chi connectivity index (χ1) is 8.22. The van der Waals surface area contributed by atoms with Gasteiger partial charge >= 0.3 is 0 Å². The Bertz CT molecular complexity index is 402. The lowest BCUT2D eigenvalue weighted by atomic mass is 9.89. The predicted octanol–water partition coefficient (Wildman–Crippen LogP) is 2.33. The van der Waals surface area contributed by atoms with Crippen LogP contribution in [0.15, 0.2) is 24.3 Å². The summed E-state index contributed by atoms with van der Waals surface area (Å²) < 4.78 is 5.17.